The van der Waals surface area contributed by atoms with Crippen molar-refractivity contribution >= 4 is 22.9 Å². The molecule has 0 amide bonds. The van der Waals surface area contributed by atoms with Gasteiger partial charge in [-0.15, -0.1) is 0 Å². The summed E-state index contributed by atoms with van der Waals surface area (Å²) in [5.74, 6) is 1.42. The molecule has 0 aliphatic heterocycles. The number of rotatable bonds is 4. The van der Waals surface area contributed by atoms with Crippen LogP contribution in [-0.4, -0.2) is 10.1 Å². The largest absolute Gasteiger partial charge is 0.441 e. The third-order valence-corrected chi connectivity index (χ3v) is 4.42. The number of aliphatic hydroxyl groups is 1. The van der Waals surface area contributed by atoms with Crippen LogP contribution in [0.1, 0.15) is 22.6 Å². The van der Waals surface area contributed by atoms with Crippen LogP contribution in [0.5, 0.6) is 0 Å². The first-order valence-electron chi connectivity index (χ1n) is 8.57. The van der Waals surface area contributed by atoms with Gasteiger partial charge < -0.3 is 9.52 Å². The number of nitrogens with zero attached hydrogens (tertiary/aromatic N) is 1. The molecule has 3 heteroatoms. The third kappa shape index (κ3) is 3.30. The fourth-order valence-electron chi connectivity index (χ4n) is 2.92. The zero-order chi connectivity index (χ0) is 17.9. The van der Waals surface area contributed by atoms with Crippen LogP contribution in [0, 0.1) is 6.92 Å². The summed E-state index contributed by atoms with van der Waals surface area (Å²) in [5.41, 5.74) is 3.74. The molecular weight excluding hydrogens is 322 g/mol. The topological polar surface area (TPSA) is 46.3 Å². The lowest BCUT2D eigenvalue weighted by Crippen LogP contribution is -1.82. The van der Waals surface area contributed by atoms with E-state index in [9.17, 15) is 0 Å². The normalized spacial score (nSPS) is 11.5. The minimum Gasteiger partial charge on any atom is -0.441 e. The maximum absolute atomic E-state index is 9.11. The van der Waals surface area contributed by atoms with Crippen LogP contribution < -0.4 is 0 Å². The molecule has 0 fully saturated rings. The quantitative estimate of drug-likeness (QED) is 0.536. The number of hydrogen-bond donors (Lipinski definition) is 1. The number of benzene rings is 3. The monoisotopic (exact) mass is 341 g/mol. The highest BCUT2D eigenvalue weighted by Gasteiger charge is 2.10. The van der Waals surface area contributed by atoms with Crippen molar-refractivity contribution < 1.29 is 9.52 Å². The van der Waals surface area contributed by atoms with E-state index in [2.05, 4.69) is 29.2 Å². The molecule has 0 radical (unpaired) electrons. The lowest BCUT2D eigenvalue weighted by molar-refractivity contribution is 0.282. The van der Waals surface area contributed by atoms with Crippen molar-refractivity contribution in [1.82, 2.24) is 4.98 Å². The van der Waals surface area contributed by atoms with Crippen LogP contribution in [0.4, 0.5) is 0 Å². The van der Waals surface area contributed by atoms with Gasteiger partial charge in [-0.3, -0.25) is 0 Å². The average Bonchev–Trinajstić information content (AvgIpc) is 3.07. The molecule has 0 aliphatic rings. The summed E-state index contributed by atoms with van der Waals surface area (Å²) in [4.78, 5) is 4.64. The van der Waals surface area contributed by atoms with E-state index in [1.165, 1.54) is 10.8 Å². The first-order chi connectivity index (χ1) is 12.7. The summed E-state index contributed by atoms with van der Waals surface area (Å²) >= 11 is 0. The van der Waals surface area contributed by atoms with Gasteiger partial charge in [0, 0.05) is 5.56 Å². The van der Waals surface area contributed by atoms with Crippen molar-refractivity contribution in [3.63, 3.8) is 0 Å². The summed E-state index contributed by atoms with van der Waals surface area (Å²) in [6, 6.07) is 22.2. The van der Waals surface area contributed by atoms with Crippen molar-refractivity contribution in [3.8, 4) is 11.5 Å². The van der Waals surface area contributed by atoms with E-state index < -0.39 is 0 Å². The van der Waals surface area contributed by atoms with E-state index in [0.717, 1.165) is 28.1 Å². The first-order valence-corrected chi connectivity index (χ1v) is 8.57. The third-order valence-electron chi connectivity index (χ3n) is 4.42. The SMILES string of the molecule is Cc1oc(-c2ccc3ccccc3c2)nc1C=Cc1ccc(CO)cc1. The van der Waals surface area contributed by atoms with Crippen LogP contribution >= 0.6 is 0 Å². The molecule has 0 saturated heterocycles. The van der Waals surface area contributed by atoms with Gasteiger partial charge in [-0.2, -0.15) is 0 Å². The molecule has 4 rings (SSSR count). The lowest BCUT2D eigenvalue weighted by atomic mass is 10.1. The molecule has 0 spiro atoms. The number of oxazole rings is 1. The summed E-state index contributed by atoms with van der Waals surface area (Å²) in [6.07, 6.45) is 3.95. The number of aliphatic hydroxyl groups excluding tert-OH is 1. The molecule has 0 unspecified atom stereocenters. The first kappa shape index (κ1) is 16.3. The predicted molar refractivity (Wildman–Crippen MR) is 105 cm³/mol. The number of aromatic nitrogens is 1. The van der Waals surface area contributed by atoms with Crippen LogP contribution in [-0.2, 0) is 6.61 Å². The van der Waals surface area contributed by atoms with Crippen LogP contribution in [0.25, 0.3) is 34.4 Å². The van der Waals surface area contributed by atoms with Gasteiger partial charge >= 0.3 is 0 Å². The summed E-state index contributed by atoms with van der Waals surface area (Å²) in [5, 5.41) is 11.5. The molecule has 0 saturated carbocycles. The maximum Gasteiger partial charge on any atom is 0.226 e. The molecule has 3 nitrogen and oxygen atoms in total. The fourth-order valence-corrected chi connectivity index (χ4v) is 2.92. The summed E-state index contributed by atoms with van der Waals surface area (Å²) in [6.45, 7) is 1.98. The molecule has 128 valence electrons. The molecule has 0 bridgehead atoms. The van der Waals surface area contributed by atoms with Gasteiger partial charge in [0.1, 0.15) is 11.5 Å². The minimum atomic E-state index is 0.0571. The summed E-state index contributed by atoms with van der Waals surface area (Å²) < 4.78 is 5.88. The Balaban J connectivity index is 1.62. The van der Waals surface area contributed by atoms with E-state index >= 15 is 0 Å². The molecule has 0 aliphatic carbocycles. The highest BCUT2D eigenvalue weighted by atomic mass is 16.4. The van der Waals surface area contributed by atoms with Gasteiger partial charge in [-0.25, -0.2) is 4.98 Å². The van der Waals surface area contributed by atoms with E-state index in [1.54, 1.807) is 0 Å². The molecular formula is C23H19NO2. The second kappa shape index (κ2) is 6.98. The Morgan fingerprint density at radius 3 is 2.46 bits per heavy atom. The van der Waals surface area contributed by atoms with Crippen LogP contribution in [0.2, 0.25) is 0 Å². The van der Waals surface area contributed by atoms with Gasteiger partial charge in [0.05, 0.1) is 6.61 Å². The second-order valence-corrected chi connectivity index (χ2v) is 6.26. The van der Waals surface area contributed by atoms with Crippen molar-refractivity contribution in [3.05, 3.63) is 89.3 Å². The fraction of sp³-hybridized carbons (Fsp3) is 0.0870. The summed E-state index contributed by atoms with van der Waals surface area (Å²) in [7, 11) is 0. The van der Waals surface area contributed by atoms with Gasteiger partial charge in [0.15, 0.2) is 0 Å². The van der Waals surface area contributed by atoms with Gasteiger partial charge in [-0.1, -0.05) is 60.7 Å². The Labute approximate surface area is 152 Å². The Morgan fingerprint density at radius 2 is 1.69 bits per heavy atom. The minimum absolute atomic E-state index is 0.0571. The Kier molecular flexibility index (Phi) is 4.38. The van der Waals surface area contributed by atoms with Crippen molar-refractivity contribution in [2.45, 2.75) is 13.5 Å². The Hall–Kier alpha value is -3.17. The number of aryl methyl sites for hydroxylation is 1. The molecule has 4 aromatic rings. The second-order valence-electron chi connectivity index (χ2n) is 6.26. The van der Waals surface area contributed by atoms with Crippen molar-refractivity contribution in [2.75, 3.05) is 0 Å². The molecule has 3 aromatic carbocycles. The van der Waals surface area contributed by atoms with Crippen molar-refractivity contribution in [1.29, 1.82) is 0 Å². The zero-order valence-electron chi connectivity index (χ0n) is 14.5. The smallest absolute Gasteiger partial charge is 0.226 e. The predicted octanol–water partition coefficient (Wildman–Crippen LogP) is 5.47. The Morgan fingerprint density at radius 1 is 0.923 bits per heavy atom. The van der Waals surface area contributed by atoms with E-state index in [-0.39, 0.29) is 6.61 Å². The molecule has 0 atom stereocenters. The van der Waals surface area contributed by atoms with Crippen LogP contribution in [0.3, 0.4) is 0 Å². The van der Waals surface area contributed by atoms with Gasteiger partial charge in [0.25, 0.3) is 0 Å². The molecule has 1 aromatic heterocycles. The van der Waals surface area contributed by atoms with Gasteiger partial charge in [0.2, 0.25) is 5.89 Å². The van der Waals surface area contributed by atoms with E-state index in [1.807, 2.05) is 61.5 Å². The molecule has 1 N–H and O–H groups in total. The number of hydrogen-bond acceptors (Lipinski definition) is 3. The zero-order valence-corrected chi connectivity index (χ0v) is 14.5. The molecule has 26 heavy (non-hydrogen) atoms. The standard InChI is InChI=1S/C23H19NO2/c1-16-22(13-10-17-6-8-18(15-25)9-7-17)24-23(26-16)21-12-11-19-4-2-3-5-20(19)14-21/h2-14,25H,15H2,1H3. The van der Waals surface area contributed by atoms with E-state index in [0.29, 0.717) is 5.89 Å². The Bertz CT molecular complexity index is 1080. The number of fused-ring (bicyclic) bond motifs is 1. The van der Waals surface area contributed by atoms with Gasteiger partial charge in [-0.05, 0) is 47.0 Å². The average molecular weight is 341 g/mol. The highest BCUT2D eigenvalue weighted by molar-refractivity contribution is 5.86. The molecule has 1 heterocycles. The van der Waals surface area contributed by atoms with E-state index in [4.69, 9.17) is 9.52 Å². The maximum atomic E-state index is 9.11. The van der Waals surface area contributed by atoms with Crippen LogP contribution in [0.15, 0.2) is 71.1 Å². The van der Waals surface area contributed by atoms with Crippen molar-refractivity contribution in [2.24, 2.45) is 0 Å². The highest BCUT2D eigenvalue weighted by Crippen LogP contribution is 2.26. The lowest BCUT2D eigenvalue weighted by Gasteiger charge is -1.99.